The summed E-state index contributed by atoms with van der Waals surface area (Å²) in [5.41, 5.74) is 0.388. The van der Waals surface area contributed by atoms with Gasteiger partial charge in [0.05, 0.1) is 12.2 Å². The predicted molar refractivity (Wildman–Crippen MR) is 86.2 cm³/mol. The fourth-order valence-electron chi connectivity index (χ4n) is 2.19. The van der Waals surface area contributed by atoms with Gasteiger partial charge in [0.25, 0.3) is 0 Å². The number of hydrogen-bond donors (Lipinski definition) is 1. The second-order valence-corrected chi connectivity index (χ2v) is 5.47. The molecule has 1 aromatic rings. The number of ketones is 1. The van der Waals surface area contributed by atoms with Crippen LogP contribution in [0, 0.1) is 0 Å². The largest absolute Gasteiger partial charge is 0.507 e. The third kappa shape index (κ3) is 6.65. The molecule has 0 heterocycles. The average Bonchev–Trinajstić information content (AvgIpc) is 2.48. The van der Waals surface area contributed by atoms with Gasteiger partial charge in [-0.2, -0.15) is 0 Å². The third-order valence-corrected chi connectivity index (χ3v) is 3.54. The zero-order valence-corrected chi connectivity index (χ0v) is 13.4. The summed E-state index contributed by atoms with van der Waals surface area (Å²) in [4.78, 5) is 12.2. The lowest BCUT2D eigenvalue weighted by Crippen LogP contribution is -2.02. The molecule has 0 unspecified atom stereocenters. The van der Waals surface area contributed by atoms with Crippen LogP contribution in [0.4, 0.5) is 0 Å². The molecular weight excluding hydrogens is 264 g/mol. The molecule has 0 fully saturated rings. The highest BCUT2D eigenvalue weighted by atomic mass is 16.5. The number of aromatic hydroxyl groups is 1. The number of Topliss-reactive ketones (excluding diaryl/α,β-unsaturated/α-hetero) is 1. The van der Waals surface area contributed by atoms with Crippen LogP contribution in [0.25, 0.3) is 0 Å². The molecule has 3 heteroatoms. The van der Waals surface area contributed by atoms with Gasteiger partial charge in [-0.15, -0.1) is 0 Å². The summed E-state index contributed by atoms with van der Waals surface area (Å²) in [5.74, 6) is 0.719. The van der Waals surface area contributed by atoms with Crippen molar-refractivity contribution < 1.29 is 14.6 Å². The first kappa shape index (κ1) is 17.5. The van der Waals surface area contributed by atoms with E-state index in [0.29, 0.717) is 24.3 Å². The highest BCUT2D eigenvalue weighted by Gasteiger charge is 2.12. The van der Waals surface area contributed by atoms with Gasteiger partial charge in [0.15, 0.2) is 5.78 Å². The predicted octanol–water partition coefficient (Wildman–Crippen LogP) is 5.11. The number of phenols is 1. The molecule has 0 aromatic heterocycles. The molecule has 0 amide bonds. The van der Waals surface area contributed by atoms with Crippen LogP contribution in [0.3, 0.4) is 0 Å². The molecule has 1 rings (SSSR count). The molecule has 0 bridgehead atoms. The van der Waals surface area contributed by atoms with Crippen LogP contribution in [-0.4, -0.2) is 17.5 Å². The summed E-state index contributed by atoms with van der Waals surface area (Å²) in [7, 11) is 0. The molecule has 0 saturated carbocycles. The zero-order valence-electron chi connectivity index (χ0n) is 13.4. The Morgan fingerprint density at radius 1 is 1.05 bits per heavy atom. The van der Waals surface area contributed by atoms with Crippen LogP contribution < -0.4 is 4.74 Å². The number of carbonyl (C=O) groups is 1. The van der Waals surface area contributed by atoms with Crippen molar-refractivity contribution in [3.63, 3.8) is 0 Å². The van der Waals surface area contributed by atoms with Crippen molar-refractivity contribution in [2.24, 2.45) is 0 Å². The Bertz CT molecular complexity index is 426. The first-order valence-corrected chi connectivity index (χ1v) is 8.18. The lowest BCUT2D eigenvalue weighted by Gasteiger charge is -2.09. The van der Waals surface area contributed by atoms with Crippen molar-refractivity contribution in [2.75, 3.05) is 6.61 Å². The second-order valence-electron chi connectivity index (χ2n) is 5.47. The van der Waals surface area contributed by atoms with E-state index in [9.17, 15) is 9.90 Å². The smallest absolute Gasteiger partial charge is 0.166 e. The molecule has 0 saturated heterocycles. The van der Waals surface area contributed by atoms with E-state index in [0.717, 1.165) is 25.7 Å². The van der Waals surface area contributed by atoms with Gasteiger partial charge in [-0.05, 0) is 31.0 Å². The minimum Gasteiger partial charge on any atom is -0.507 e. The van der Waals surface area contributed by atoms with Crippen LogP contribution in [0.1, 0.15) is 75.6 Å². The van der Waals surface area contributed by atoms with Crippen molar-refractivity contribution in [3.8, 4) is 11.5 Å². The molecule has 118 valence electrons. The number of benzene rings is 1. The van der Waals surface area contributed by atoms with Gasteiger partial charge in [0, 0.05) is 6.42 Å². The van der Waals surface area contributed by atoms with Crippen molar-refractivity contribution in [3.05, 3.63) is 23.8 Å². The number of rotatable bonds is 11. The van der Waals surface area contributed by atoms with Crippen molar-refractivity contribution in [1.82, 2.24) is 0 Å². The van der Waals surface area contributed by atoms with Crippen LogP contribution in [0.2, 0.25) is 0 Å². The Morgan fingerprint density at radius 2 is 1.76 bits per heavy atom. The van der Waals surface area contributed by atoms with Gasteiger partial charge >= 0.3 is 0 Å². The Hall–Kier alpha value is -1.51. The highest BCUT2D eigenvalue weighted by Crippen LogP contribution is 2.25. The van der Waals surface area contributed by atoms with E-state index in [1.807, 2.05) is 0 Å². The SMILES string of the molecule is CCCCCCCC(=O)c1cc(OCCCC)ccc1O. The van der Waals surface area contributed by atoms with Gasteiger partial charge in [-0.25, -0.2) is 0 Å². The van der Waals surface area contributed by atoms with Crippen LogP contribution in [0.5, 0.6) is 11.5 Å². The van der Waals surface area contributed by atoms with E-state index in [2.05, 4.69) is 13.8 Å². The first-order chi connectivity index (χ1) is 10.2. The fourth-order valence-corrected chi connectivity index (χ4v) is 2.19. The Morgan fingerprint density at radius 3 is 2.48 bits per heavy atom. The van der Waals surface area contributed by atoms with E-state index in [4.69, 9.17) is 4.74 Å². The second kappa shape index (κ2) is 10.3. The lowest BCUT2D eigenvalue weighted by atomic mass is 10.0. The molecule has 0 aliphatic rings. The molecule has 21 heavy (non-hydrogen) atoms. The quantitative estimate of drug-likeness (QED) is 0.455. The van der Waals surface area contributed by atoms with Crippen LogP contribution in [-0.2, 0) is 0 Å². The number of ether oxygens (including phenoxy) is 1. The number of carbonyl (C=O) groups excluding carboxylic acids is 1. The zero-order chi connectivity index (χ0) is 15.5. The standard InChI is InChI=1S/C18H28O3/c1-3-5-7-8-9-10-17(19)16-14-15(11-12-18(16)20)21-13-6-4-2/h11-12,14,20H,3-10,13H2,1-2H3. The average molecular weight is 292 g/mol. The highest BCUT2D eigenvalue weighted by molar-refractivity contribution is 5.98. The van der Waals surface area contributed by atoms with Crippen LogP contribution >= 0.6 is 0 Å². The van der Waals surface area contributed by atoms with Gasteiger partial charge in [-0.1, -0.05) is 46.0 Å². The molecule has 0 aliphatic heterocycles. The van der Waals surface area contributed by atoms with Crippen molar-refractivity contribution in [1.29, 1.82) is 0 Å². The van der Waals surface area contributed by atoms with E-state index >= 15 is 0 Å². The molecule has 1 aromatic carbocycles. The van der Waals surface area contributed by atoms with Crippen LogP contribution in [0.15, 0.2) is 18.2 Å². The normalized spacial score (nSPS) is 10.6. The topological polar surface area (TPSA) is 46.5 Å². The Kier molecular flexibility index (Phi) is 8.56. The number of unbranched alkanes of at least 4 members (excludes halogenated alkanes) is 5. The monoisotopic (exact) mass is 292 g/mol. The van der Waals surface area contributed by atoms with Gasteiger partial charge in [-0.3, -0.25) is 4.79 Å². The van der Waals surface area contributed by atoms with E-state index in [1.165, 1.54) is 19.3 Å². The molecule has 1 N–H and O–H groups in total. The minimum atomic E-state index is 0.00457. The molecule has 3 nitrogen and oxygen atoms in total. The van der Waals surface area contributed by atoms with E-state index in [-0.39, 0.29) is 11.5 Å². The number of hydrogen-bond acceptors (Lipinski definition) is 3. The summed E-state index contributed by atoms with van der Waals surface area (Å²) in [5, 5.41) is 9.84. The molecule has 0 aliphatic carbocycles. The number of phenolic OH excluding ortho intramolecular Hbond substituents is 1. The maximum absolute atomic E-state index is 12.2. The lowest BCUT2D eigenvalue weighted by molar-refractivity contribution is 0.0976. The van der Waals surface area contributed by atoms with E-state index < -0.39 is 0 Å². The summed E-state index contributed by atoms with van der Waals surface area (Å²) < 4.78 is 5.59. The van der Waals surface area contributed by atoms with E-state index in [1.54, 1.807) is 18.2 Å². The molecular formula is C18H28O3. The molecule has 0 atom stereocenters. The maximum atomic E-state index is 12.2. The minimum absolute atomic E-state index is 0.00457. The van der Waals surface area contributed by atoms with Crippen molar-refractivity contribution in [2.45, 2.75) is 65.2 Å². The summed E-state index contributed by atoms with van der Waals surface area (Å²) >= 11 is 0. The molecule has 0 spiro atoms. The summed E-state index contributed by atoms with van der Waals surface area (Å²) in [6.07, 6.45) is 8.12. The summed E-state index contributed by atoms with van der Waals surface area (Å²) in [6, 6.07) is 4.92. The van der Waals surface area contributed by atoms with Gasteiger partial charge in [0.2, 0.25) is 0 Å². The Labute approximate surface area is 128 Å². The summed E-state index contributed by atoms with van der Waals surface area (Å²) in [6.45, 7) is 4.92. The van der Waals surface area contributed by atoms with Crippen molar-refractivity contribution >= 4 is 5.78 Å². The maximum Gasteiger partial charge on any atom is 0.166 e. The Balaban J connectivity index is 2.51. The van der Waals surface area contributed by atoms with Gasteiger partial charge in [0.1, 0.15) is 11.5 Å². The molecule has 0 radical (unpaired) electrons. The first-order valence-electron chi connectivity index (χ1n) is 8.18. The fraction of sp³-hybridized carbons (Fsp3) is 0.611. The third-order valence-electron chi connectivity index (χ3n) is 3.54. The van der Waals surface area contributed by atoms with Gasteiger partial charge < -0.3 is 9.84 Å².